The normalized spacial score (nSPS) is 10.2. The van der Waals surface area contributed by atoms with Gasteiger partial charge in [-0.3, -0.25) is 0 Å². The van der Waals surface area contributed by atoms with E-state index in [1.807, 2.05) is 48.5 Å². The predicted octanol–water partition coefficient (Wildman–Crippen LogP) is 4.21. The Balaban J connectivity index is 1.84. The van der Waals surface area contributed by atoms with Crippen LogP contribution in [0.15, 0.2) is 66.7 Å². The molecule has 2 N–H and O–H groups in total. The summed E-state index contributed by atoms with van der Waals surface area (Å²) in [5.74, 6) is 1.78. The lowest BCUT2D eigenvalue weighted by Gasteiger charge is -2.08. The number of rotatable bonds is 4. The van der Waals surface area contributed by atoms with E-state index in [0.29, 0.717) is 0 Å². The van der Waals surface area contributed by atoms with Crippen LogP contribution < -0.4 is 10.1 Å². The van der Waals surface area contributed by atoms with E-state index in [4.69, 9.17) is 4.74 Å². The van der Waals surface area contributed by atoms with Gasteiger partial charge in [0, 0.05) is 11.3 Å². The molecule has 0 aliphatic heterocycles. The van der Waals surface area contributed by atoms with Gasteiger partial charge in [0.1, 0.15) is 17.3 Å². The minimum absolute atomic E-state index is 0.229. The third-order valence-corrected chi connectivity index (χ3v) is 3.25. The average molecular weight is 292 g/mol. The molecule has 4 heteroatoms. The molecule has 1 heterocycles. The maximum Gasteiger partial charge on any atom is 0.131 e. The van der Waals surface area contributed by atoms with Gasteiger partial charge in [-0.15, -0.1) is 0 Å². The number of pyridine rings is 1. The van der Waals surface area contributed by atoms with Crippen molar-refractivity contribution in [1.82, 2.24) is 4.98 Å². The summed E-state index contributed by atoms with van der Waals surface area (Å²) >= 11 is 0. The largest absolute Gasteiger partial charge is 0.508 e. The quantitative estimate of drug-likeness (QED) is 0.756. The standard InChI is InChI=1S/C18H16N2O2/c1-22-16-10-8-14(9-11-16)19-18-7-3-6-17(20-18)13-4-2-5-15(21)12-13/h2-12,21H,1H3,(H,19,20). The zero-order valence-corrected chi connectivity index (χ0v) is 12.2. The summed E-state index contributed by atoms with van der Waals surface area (Å²) < 4.78 is 5.14. The van der Waals surface area contributed by atoms with Crippen LogP contribution in [0, 0.1) is 0 Å². The molecule has 0 saturated carbocycles. The third kappa shape index (κ3) is 3.17. The molecule has 1 aromatic heterocycles. The highest BCUT2D eigenvalue weighted by molar-refractivity contribution is 5.65. The third-order valence-electron chi connectivity index (χ3n) is 3.25. The molecule has 0 unspecified atom stereocenters. The number of aromatic hydroxyl groups is 1. The Bertz CT molecular complexity index is 770. The number of hydrogen-bond donors (Lipinski definition) is 2. The van der Waals surface area contributed by atoms with Crippen molar-refractivity contribution in [3.63, 3.8) is 0 Å². The second-order valence-corrected chi connectivity index (χ2v) is 4.81. The van der Waals surface area contributed by atoms with E-state index in [2.05, 4.69) is 10.3 Å². The predicted molar refractivity (Wildman–Crippen MR) is 87.6 cm³/mol. The van der Waals surface area contributed by atoms with Gasteiger partial charge in [-0.1, -0.05) is 18.2 Å². The van der Waals surface area contributed by atoms with Crippen molar-refractivity contribution in [3.8, 4) is 22.8 Å². The number of benzene rings is 2. The minimum Gasteiger partial charge on any atom is -0.508 e. The van der Waals surface area contributed by atoms with Crippen molar-refractivity contribution in [3.05, 3.63) is 66.7 Å². The number of nitrogens with one attached hydrogen (secondary N) is 1. The lowest BCUT2D eigenvalue weighted by molar-refractivity contribution is 0.415. The van der Waals surface area contributed by atoms with E-state index in [9.17, 15) is 5.11 Å². The van der Waals surface area contributed by atoms with E-state index in [1.165, 1.54) is 0 Å². The highest BCUT2D eigenvalue weighted by atomic mass is 16.5. The van der Waals surface area contributed by atoms with E-state index >= 15 is 0 Å². The minimum atomic E-state index is 0.229. The number of phenolic OH excluding ortho intramolecular Hbond substituents is 1. The molecule has 2 aromatic carbocycles. The molecule has 110 valence electrons. The van der Waals surface area contributed by atoms with Crippen molar-refractivity contribution in [1.29, 1.82) is 0 Å². The number of phenols is 1. The van der Waals surface area contributed by atoms with Gasteiger partial charge in [0.2, 0.25) is 0 Å². The fourth-order valence-corrected chi connectivity index (χ4v) is 2.15. The van der Waals surface area contributed by atoms with Gasteiger partial charge >= 0.3 is 0 Å². The van der Waals surface area contributed by atoms with Gasteiger partial charge in [0.25, 0.3) is 0 Å². The van der Waals surface area contributed by atoms with E-state index in [-0.39, 0.29) is 5.75 Å². The van der Waals surface area contributed by atoms with Gasteiger partial charge in [0.05, 0.1) is 12.8 Å². The molecule has 0 bridgehead atoms. The molecule has 22 heavy (non-hydrogen) atoms. The molecule has 0 aliphatic rings. The first-order valence-electron chi connectivity index (χ1n) is 6.92. The fraction of sp³-hybridized carbons (Fsp3) is 0.0556. The number of ether oxygens (including phenoxy) is 1. The van der Waals surface area contributed by atoms with Gasteiger partial charge < -0.3 is 15.2 Å². The lowest BCUT2D eigenvalue weighted by atomic mass is 10.1. The first kappa shape index (κ1) is 13.9. The number of nitrogens with zero attached hydrogens (tertiary/aromatic N) is 1. The van der Waals surface area contributed by atoms with Crippen molar-refractivity contribution in [2.75, 3.05) is 12.4 Å². The highest BCUT2D eigenvalue weighted by Gasteiger charge is 2.03. The maximum absolute atomic E-state index is 9.57. The SMILES string of the molecule is COc1ccc(Nc2cccc(-c3cccc(O)c3)n2)cc1. The molecular weight excluding hydrogens is 276 g/mol. The van der Waals surface area contributed by atoms with E-state index in [0.717, 1.165) is 28.5 Å². The first-order chi connectivity index (χ1) is 10.7. The molecule has 0 spiro atoms. The Labute approximate surface area is 129 Å². The molecule has 0 atom stereocenters. The van der Waals surface area contributed by atoms with Crippen LogP contribution in [0.2, 0.25) is 0 Å². The van der Waals surface area contributed by atoms with Crippen molar-refractivity contribution in [2.24, 2.45) is 0 Å². The summed E-state index contributed by atoms with van der Waals surface area (Å²) in [4.78, 5) is 4.57. The second kappa shape index (κ2) is 6.18. The summed E-state index contributed by atoms with van der Waals surface area (Å²) in [6.07, 6.45) is 0. The number of methoxy groups -OCH3 is 1. The molecule has 4 nitrogen and oxygen atoms in total. The lowest BCUT2D eigenvalue weighted by Crippen LogP contribution is -1.94. The van der Waals surface area contributed by atoms with Crippen LogP contribution in [0.1, 0.15) is 0 Å². The summed E-state index contributed by atoms with van der Waals surface area (Å²) in [6.45, 7) is 0. The van der Waals surface area contributed by atoms with E-state index in [1.54, 1.807) is 25.3 Å². The van der Waals surface area contributed by atoms with Crippen molar-refractivity contribution >= 4 is 11.5 Å². The van der Waals surface area contributed by atoms with Crippen LogP contribution in [0.3, 0.4) is 0 Å². The Kier molecular flexibility index (Phi) is 3.92. The zero-order chi connectivity index (χ0) is 15.4. The molecule has 0 fully saturated rings. The Morgan fingerprint density at radius 3 is 2.45 bits per heavy atom. The fourth-order valence-electron chi connectivity index (χ4n) is 2.15. The van der Waals surface area contributed by atoms with Gasteiger partial charge in [0.15, 0.2) is 0 Å². The Hall–Kier alpha value is -3.01. The van der Waals surface area contributed by atoms with Crippen LogP contribution in [-0.4, -0.2) is 17.2 Å². The second-order valence-electron chi connectivity index (χ2n) is 4.81. The maximum atomic E-state index is 9.57. The summed E-state index contributed by atoms with van der Waals surface area (Å²) in [7, 11) is 1.64. The molecule has 3 rings (SSSR count). The Morgan fingerprint density at radius 2 is 1.73 bits per heavy atom. The average Bonchev–Trinajstić information content (AvgIpc) is 2.56. The zero-order valence-electron chi connectivity index (χ0n) is 12.2. The topological polar surface area (TPSA) is 54.4 Å². The van der Waals surface area contributed by atoms with Crippen molar-refractivity contribution in [2.45, 2.75) is 0 Å². The number of aromatic nitrogens is 1. The van der Waals surface area contributed by atoms with Gasteiger partial charge in [-0.25, -0.2) is 4.98 Å². The Morgan fingerprint density at radius 1 is 0.955 bits per heavy atom. The highest BCUT2D eigenvalue weighted by Crippen LogP contribution is 2.24. The first-order valence-corrected chi connectivity index (χ1v) is 6.92. The molecule has 0 saturated heterocycles. The summed E-state index contributed by atoms with van der Waals surface area (Å²) in [5, 5.41) is 12.8. The van der Waals surface area contributed by atoms with Crippen molar-refractivity contribution < 1.29 is 9.84 Å². The van der Waals surface area contributed by atoms with Gasteiger partial charge in [-0.05, 0) is 48.5 Å². The molecule has 0 radical (unpaired) electrons. The van der Waals surface area contributed by atoms with Crippen LogP contribution in [0.25, 0.3) is 11.3 Å². The van der Waals surface area contributed by atoms with E-state index < -0.39 is 0 Å². The molecule has 0 amide bonds. The molecular formula is C18H16N2O2. The van der Waals surface area contributed by atoms with Crippen LogP contribution in [-0.2, 0) is 0 Å². The number of hydrogen-bond acceptors (Lipinski definition) is 4. The monoisotopic (exact) mass is 292 g/mol. The molecule has 0 aliphatic carbocycles. The molecule has 3 aromatic rings. The summed E-state index contributed by atoms with van der Waals surface area (Å²) in [5.41, 5.74) is 2.61. The van der Waals surface area contributed by atoms with Crippen LogP contribution in [0.5, 0.6) is 11.5 Å². The summed E-state index contributed by atoms with van der Waals surface area (Å²) in [6, 6.07) is 20.4. The number of anilines is 2. The van der Waals surface area contributed by atoms with Gasteiger partial charge in [-0.2, -0.15) is 0 Å². The van der Waals surface area contributed by atoms with Crippen LogP contribution >= 0.6 is 0 Å². The smallest absolute Gasteiger partial charge is 0.131 e. The van der Waals surface area contributed by atoms with Crippen LogP contribution in [0.4, 0.5) is 11.5 Å².